The fourth-order valence-electron chi connectivity index (χ4n) is 2.78. The highest BCUT2D eigenvalue weighted by atomic mass is 16.5. The van der Waals surface area contributed by atoms with Crippen LogP contribution in [0.2, 0.25) is 0 Å². The van der Waals surface area contributed by atoms with Crippen molar-refractivity contribution in [1.29, 1.82) is 5.26 Å². The normalized spacial score (nSPS) is 14.2. The Morgan fingerprint density at radius 3 is 2.29 bits per heavy atom. The van der Waals surface area contributed by atoms with Crippen LogP contribution in [-0.4, -0.2) is 60.4 Å². The molecule has 8 nitrogen and oxygen atoms in total. The van der Waals surface area contributed by atoms with E-state index in [9.17, 15) is 19.6 Å². The topological polar surface area (TPSA) is 103 Å². The highest BCUT2D eigenvalue weighted by Crippen LogP contribution is 2.08. The first-order valence-corrected chi connectivity index (χ1v) is 9.10. The van der Waals surface area contributed by atoms with Crippen LogP contribution in [0.15, 0.2) is 36.0 Å². The summed E-state index contributed by atoms with van der Waals surface area (Å²) in [5.41, 5.74) is 1.38. The van der Waals surface area contributed by atoms with Crippen molar-refractivity contribution in [2.45, 2.75) is 20.4 Å². The summed E-state index contributed by atoms with van der Waals surface area (Å²) >= 11 is 0. The smallest absolute Gasteiger partial charge is 0.338 e. The van der Waals surface area contributed by atoms with Gasteiger partial charge < -0.3 is 19.9 Å². The molecule has 0 spiro atoms. The van der Waals surface area contributed by atoms with E-state index in [1.165, 1.54) is 13.1 Å². The Kier molecular flexibility index (Phi) is 7.57. The molecule has 1 aromatic rings. The molecule has 1 heterocycles. The minimum atomic E-state index is -0.371. The van der Waals surface area contributed by atoms with Gasteiger partial charge in [-0.15, -0.1) is 0 Å². The van der Waals surface area contributed by atoms with Gasteiger partial charge in [0, 0.05) is 45.8 Å². The number of hydrogen-bond acceptors (Lipinski definition) is 6. The summed E-state index contributed by atoms with van der Waals surface area (Å²) in [4.78, 5) is 38.7. The van der Waals surface area contributed by atoms with Gasteiger partial charge in [0.15, 0.2) is 0 Å². The van der Waals surface area contributed by atoms with Gasteiger partial charge in [0.25, 0.3) is 5.91 Å². The van der Waals surface area contributed by atoms with E-state index in [4.69, 9.17) is 4.74 Å². The molecule has 1 fully saturated rings. The number of piperazine rings is 1. The van der Waals surface area contributed by atoms with Gasteiger partial charge in [-0.1, -0.05) is 12.1 Å². The van der Waals surface area contributed by atoms with E-state index < -0.39 is 0 Å². The van der Waals surface area contributed by atoms with E-state index in [1.807, 2.05) is 6.07 Å². The van der Waals surface area contributed by atoms with Gasteiger partial charge in [0.2, 0.25) is 5.91 Å². The number of carbonyl (C=O) groups is 3. The zero-order valence-corrected chi connectivity index (χ0v) is 16.1. The molecule has 0 radical (unpaired) electrons. The summed E-state index contributed by atoms with van der Waals surface area (Å²) in [6, 6.07) is 8.82. The molecule has 148 valence electrons. The lowest BCUT2D eigenvalue weighted by Crippen LogP contribution is -2.50. The van der Waals surface area contributed by atoms with E-state index in [-0.39, 0.29) is 23.4 Å². The molecule has 0 aromatic heterocycles. The van der Waals surface area contributed by atoms with Gasteiger partial charge in [-0.2, -0.15) is 5.26 Å². The van der Waals surface area contributed by atoms with E-state index in [0.29, 0.717) is 44.9 Å². The van der Waals surface area contributed by atoms with Gasteiger partial charge in [-0.3, -0.25) is 9.59 Å². The molecule has 2 rings (SSSR count). The maximum absolute atomic E-state index is 12.5. The third kappa shape index (κ3) is 5.58. The summed E-state index contributed by atoms with van der Waals surface area (Å²) in [7, 11) is 0. The fraction of sp³-hybridized carbons (Fsp3) is 0.400. The molecule has 0 bridgehead atoms. The number of carbonyl (C=O) groups excluding carboxylic acids is 3. The minimum Gasteiger partial charge on any atom is -0.462 e. The SMILES string of the molecule is CCOC(=O)c1ccc(CN/C=C(/C#N)C(=O)N2CCN(C(C)=O)CC2)cc1. The van der Waals surface area contributed by atoms with Crippen LogP contribution < -0.4 is 5.32 Å². The monoisotopic (exact) mass is 384 g/mol. The van der Waals surface area contributed by atoms with Crippen LogP contribution in [0, 0.1) is 11.3 Å². The zero-order valence-electron chi connectivity index (χ0n) is 16.1. The van der Waals surface area contributed by atoms with Crippen LogP contribution in [0.5, 0.6) is 0 Å². The standard InChI is InChI=1S/C20H24N4O4/c1-3-28-20(27)17-6-4-16(5-7-17)13-22-14-18(12-21)19(26)24-10-8-23(9-11-24)15(2)25/h4-7,14,22H,3,8-11,13H2,1-2H3/b18-14-. The number of benzene rings is 1. The van der Waals surface area contributed by atoms with E-state index in [0.717, 1.165) is 5.56 Å². The van der Waals surface area contributed by atoms with Crippen molar-refractivity contribution in [3.63, 3.8) is 0 Å². The van der Waals surface area contributed by atoms with Crippen LogP contribution >= 0.6 is 0 Å². The van der Waals surface area contributed by atoms with Crippen molar-refractivity contribution in [1.82, 2.24) is 15.1 Å². The predicted molar refractivity (Wildman–Crippen MR) is 102 cm³/mol. The van der Waals surface area contributed by atoms with Crippen LogP contribution in [0.3, 0.4) is 0 Å². The molecule has 0 aliphatic carbocycles. The number of nitrogens with zero attached hydrogens (tertiary/aromatic N) is 3. The molecule has 1 saturated heterocycles. The van der Waals surface area contributed by atoms with Crippen molar-refractivity contribution >= 4 is 17.8 Å². The summed E-state index contributed by atoms with van der Waals surface area (Å²) in [6.07, 6.45) is 1.40. The molecule has 0 unspecified atom stereocenters. The summed E-state index contributed by atoms with van der Waals surface area (Å²) in [5, 5.41) is 12.3. The number of rotatable bonds is 6. The van der Waals surface area contributed by atoms with E-state index in [1.54, 1.807) is 41.0 Å². The number of ether oxygens (including phenoxy) is 1. The van der Waals surface area contributed by atoms with Crippen LogP contribution in [0.1, 0.15) is 29.8 Å². The predicted octanol–water partition coefficient (Wildman–Crippen LogP) is 1.05. The van der Waals surface area contributed by atoms with Crippen molar-refractivity contribution in [2.75, 3.05) is 32.8 Å². The molecule has 1 aromatic carbocycles. The Balaban J connectivity index is 1.89. The van der Waals surface area contributed by atoms with Crippen molar-refractivity contribution < 1.29 is 19.1 Å². The summed E-state index contributed by atoms with van der Waals surface area (Å²) in [6.45, 7) is 5.74. The van der Waals surface area contributed by atoms with Crippen molar-refractivity contribution in [3.8, 4) is 6.07 Å². The van der Waals surface area contributed by atoms with Gasteiger partial charge in [-0.05, 0) is 24.6 Å². The lowest BCUT2D eigenvalue weighted by molar-refractivity contribution is -0.136. The maximum atomic E-state index is 12.5. The molecule has 8 heteroatoms. The number of amides is 2. The molecule has 1 aliphatic heterocycles. The number of nitriles is 1. The number of esters is 1. The van der Waals surface area contributed by atoms with Gasteiger partial charge in [0.05, 0.1) is 12.2 Å². The summed E-state index contributed by atoms with van der Waals surface area (Å²) < 4.78 is 4.93. The molecular weight excluding hydrogens is 360 g/mol. The fourth-order valence-corrected chi connectivity index (χ4v) is 2.78. The Labute approximate surface area is 164 Å². The Bertz CT molecular complexity index is 787. The molecule has 1 N–H and O–H groups in total. The van der Waals surface area contributed by atoms with E-state index >= 15 is 0 Å². The zero-order chi connectivity index (χ0) is 20.5. The lowest BCUT2D eigenvalue weighted by atomic mass is 10.1. The molecule has 28 heavy (non-hydrogen) atoms. The van der Waals surface area contributed by atoms with Crippen molar-refractivity contribution in [2.24, 2.45) is 0 Å². The van der Waals surface area contributed by atoms with Gasteiger partial charge in [-0.25, -0.2) is 4.79 Å². The Hall–Kier alpha value is -3.34. The highest BCUT2D eigenvalue weighted by Gasteiger charge is 2.24. The Morgan fingerprint density at radius 2 is 1.75 bits per heavy atom. The highest BCUT2D eigenvalue weighted by molar-refractivity contribution is 5.97. The van der Waals surface area contributed by atoms with Crippen LogP contribution in [0.4, 0.5) is 0 Å². The maximum Gasteiger partial charge on any atom is 0.338 e. The average Bonchev–Trinajstić information content (AvgIpc) is 2.71. The first kappa shape index (κ1) is 21.0. The third-order valence-electron chi connectivity index (χ3n) is 4.38. The van der Waals surface area contributed by atoms with Crippen LogP contribution in [0.25, 0.3) is 0 Å². The second-order valence-corrected chi connectivity index (χ2v) is 6.27. The first-order chi connectivity index (χ1) is 13.5. The average molecular weight is 384 g/mol. The lowest BCUT2D eigenvalue weighted by Gasteiger charge is -2.34. The second kappa shape index (κ2) is 10.1. The number of hydrogen-bond donors (Lipinski definition) is 1. The molecular formula is C20H24N4O4. The molecule has 0 saturated carbocycles. The van der Waals surface area contributed by atoms with Gasteiger partial charge >= 0.3 is 5.97 Å². The quantitative estimate of drug-likeness (QED) is 0.447. The van der Waals surface area contributed by atoms with Gasteiger partial charge in [0.1, 0.15) is 11.6 Å². The second-order valence-electron chi connectivity index (χ2n) is 6.27. The van der Waals surface area contributed by atoms with Crippen LogP contribution in [-0.2, 0) is 20.9 Å². The molecule has 0 atom stereocenters. The minimum absolute atomic E-state index is 0.0134. The number of nitrogens with one attached hydrogen (secondary N) is 1. The van der Waals surface area contributed by atoms with Crippen molar-refractivity contribution in [3.05, 3.63) is 47.2 Å². The third-order valence-corrected chi connectivity index (χ3v) is 4.38. The largest absolute Gasteiger partial charge is 0.462 e. The Morgan fingerprint density at radius 1 is 1.14 bits per heavy atom. The molecule has 2 amide bonds. The summed E-state index contributed by atoms with van der Waals surface area (Å²) in [5.74, 6) is -0.737. The molecule has 1 aliphatic rings. The first-order valence-electron chi connectivity index (χ1n) is 9.10. The van der Waals surface area contributed by atoms with E-state index in [2.05, 4.69) is 5.32 Å².